The van der Waals surface area contributed by atoms with Crippen molar-refractivity contribution in [1.29, 1.82) is 0 Å². The number of aliphatic hydroxyl groups is 1. The van der Waals surface area contributed by atoms with E-state index in [-0.39, 0.29) is 25.2 Å². The summed E-state index contributed by atoms with van der Waals surface area (Å²) in [6.45, 7) is 4.06. The molecule has 5 heteroatoms. The Hall–Kier alpha value is -1.62. The molecule has 228 valence electrons. The first-order valence-corrected chi connectivity index (χ1v) is 16.4. The molecule has 0 aromatic rings. The van der Waals surface area contributed by atoms with E-state index in [1.807, 2.05) is 0 Å². The maximum atomic E-state index is 12.1. The molecule has 0 aliphatic heterocycles. The lowest BCUT2D eigenvalue weighted by atomic mass is 10.1. The number of rotatable bonds is 29. The van der Waals surface area contributed by atoms with Crippen molar-refractivity contribution in [2.75, 3.05) is 13.2 Å². The molecule has 0 aromatic heterocycles. The van der Waals surface area contributed by atoms with Gasteiger partial charge in [-0.05, 0) is 38.5 Å². The van der Waals surface area contributed by atoms with Crippen LogP contribution < -0.4 is 0 Å². The largest absolute Gasteiger partial charge is 0.462 e. The molecule has 0 saturated carbocycles. The van der Waals surface area contributed by atoms with E-state index < -0.39 is 6.10 Å². The van der Waals surface area contributed by atoms with Gasteiger partial charge in [-0.2, -0.15) is 0 Å². The van der Waals surface area contributed by atoms with Crippen LogP contribution in [0.15, 0.2) is 24.3 Å². The Morgan fingerprint density at radius 1 is 0.590 bits per heavy atom. The summed E-state index contributed by atoms with van der Waals surface area (Å²) in [5, 5.41) is 9.48. The van der Waals surface area contributed by atoms with Crippen molar-refractivity contribution in [2.24, 2.45) is 0 Å². The van der Waals surface area contributed by atoms with Gasteiger partial charge in [0.15, 0.2) is 6.10 Å². The lowest BCUT2D eigenvalue weighted by Crippen LogP contribution is -2.28. The summed E-state index contributed by atoms with van der Waals surface area (Å²) in [6.07, 6.45) is 33.7. The van der Waals surface area contributed by atoms with Crippen molar-refractivity contribution in [3.05, 3.63) is 24.3 Å². The lowest BCUT2D eigenvalue weighted by Gasteiger charge is -2.15. The van der Waals surface area contributed by atoms with Crippen LogP contribution in [0.5, 0.6) is 0 Å². The van der Waals surface area contributed by atoms with Gasteiger partial charge in [0, 0.05) is 12.8 Å². The van der Waals surface area contributed by atoms with Crippen LogP contribution in [0.4, 0.5) is 0 Å². The quantitative estimate of drug-likeness (QED) is 0.0570. The van der Waals surface area contributed by atoms with Crippen LogP contribution in [0.25, 0.3) is 0 Å². The topological polar surface area (TPSA) is 72.8 Å². The summed E-state index contributed by atoms with van der Waals surface area (Å²) in [6, 6.07) is 0. The zero-order valence-corrected chi connectivity index (χ0v) is 25.6. The second kappa shape index (κ2) is 30.9. The highest BCUT2D eigenvalue weighted by Crippen LogP contribution is 2.13. The molecule has 0 unspecified atom stereocenters. The van der Waals surface area contributed by atoms with Gasteiger partial charge >= 0.3 is 11.9 Å². The Morgan fingerprint density at radius 2 is 1.05 bits per heavy atom. The number of ether oxygens (including phenoxy) is 2. The fourth-order valence-corrected chi connectivity index (χ4v) is 4.45. The number of carbonyl (C=O) groups is 2. The molecule has 0 spiro atoms. The van der Waals surface area contributed by atoms with Crippen molar-refractivity contribution >= 4 is 11.9 Å². The molecule has 1 atom stereocenters. The van der Waals surface area contributed by atoms with Gasteiger partial charge in [0.05, 0.1) is 6.61 Å². The van der Waals surface area contributed by atoms with Gasteiger partial charge in [0.2, 0.25) is 0 Å². The Balaban J connectivity index is 3.61. The summed E-state index contributed by atoms with van der Waals surface area (Å²) in [7, 11) is 0. The molecular formula is C34H62O5. The van der Waals surface area contributed by atoms with E-state index in [0.29, 0.717) is 12.8 Å². The number of aliphatic hydroxyl groups excluding tert-OH is 1. The van der Waals surface area contributed by atoms with Gasteiger partial charge in [0.1, 0.15) is 6.61 Å². The Kier molecular flexibility index (Phi) is 29.6. The molecule has 0 fully saturated rings. The molecule has 0 rings (SSSR count). The average molecular weight is 551 g/mol. The highest BCUT2D eigenvalue weighted by atomic mass is 16.6. The SMILES string of the molecule is CCCC/C=C\C/C=C\CCCCCCCC(=O)O[C@@H](CO)COC(=O)CCCCCCCCCCCCC. The number of carbonyl (C=O) groups excluding carboxylic acids is 2. The molecule has 0 aliphatic carbocycles. The minimum absolute atomic E-state index is 0.0683. The number of hydrogen-bond donors (Lipinski definition) is 1. The third-order valence-corrected chi connectivity index (χ3v) is 7.00. The first-order chi connectivity index (χ1) is 19.1. The summed E-state index contributed by atoms with van der Waals surface area (Å²) in [5.74, 6) is -0.607. The van der Waals surface area contributed by atoms with E-state index in [2.05, 4.69) is 38.2 Å². The molecule has 1 N–H and O–H groups in total. The van der Waals surface area contributed by atoms with Crippen molar-refractivity contribution in [1.82, 2.24) is 0 Å². The van der Waals surface area contributed by atoms with Crippen LogP contribution in [0.3, 0.4) is 0 Å². The van der Waals surface area contributed by atoms with Crippen LogP contribution in [0.2, 0.25) is 0 Å². The molecule has 39 heavy (non-hydrogen) atoms. The highest BCUT2D eigenvalue weighted by molar-refractivity contribution is 5.70. The van der Waals surface area contributed by atoms with E-state index >= 15 is 0 Å². The van der Waals surface area contributed by atoms with E-state index in [9.17, 15) is 14.7 Å². The Morgan fingerprint density at radius 3 is 1.59 bits per heavy atom. The number of unbranched alkanes of at least 4 members (excludes halogenated alkanes) is 17. The smallest absolute Gasteiger partial charge is 0.306 e. The maximum Gasteiger partial charge on any atom is 0.306 e. The molecule has 0 aromatic carbocycles. The second-order valence-corrected chi connectivity index (χ2v) is 10.9. The first-order valence-electron chi connectivity index (χ1n) is 16.4. The first kappa shape index (κ1) is 37.4. The normalized spacial score (nSPS) is 12.4. The molecule has 0 heterocycles. The fraction of sp³-hybridized carbons (Fsp3) is 0.824. The van der Waals surface area contributed by atoms with Gasteiger partial charge in [-0.25, -0.2) is 0 Å². The molecule has 5 nitrogen and oxygen atoms in total. The summed E-state index contributed by atoms with van der Waals surface area (Å²) < 4.78 is 10.5. The maximum absolute atomic E-state index is 12.1. The molecule has 0 radical (unpaired) electrons. The molecule has 0 amide bonds. The lowest BCUT2D eigenvalue weighted by molar-refractivity contribution is -0.161. The molecule has 0 saturated heterocycles. The Labute approximate surface area is 241 Å². The highest BCUT2D eigenvalue weighted by Gasteiger charge is 2.16. The standard InChI is InChI=1S/C34H62O5/c1-3-5-7-9-11-13-15-16-17-19-21-23-25-27-29-34(37)39-32(30-35)31-38-33(36)28-26-24-22-20-18-14-12-10-8-6-4-2/h9,11,15-16,32,35H,3-8,10,12-14,17-31H2,1-2H3/b11-9-,16-15-/t32-/m0/s1. The van der Waals surface area contributed by atoms with Gasteiger partial charge in [-0.3, -0.25) is 9.59 Å². The van der Waals surface area contributed by atoms with E-state index in [4.69, 9.17) is 9.47 Å². The number of esters is 2. The molecular weight excluding hydrogens is 488 g/mol. The van der Waals surface area contributed by atoms with Crippen LogP contribution in [-0.4, -0.2) is 36.4 Å². The van der Waals surface area contributed by atoms with Crippen molar-refractivity contribution in [3.8, 4) is 0 Å². The van der Waals surface area contributed by atoms with Gasteiger partial charge < -0.3 is 14.6 Å². The second-order valence-electron chi connectivity index (χ2n) is 10.9. The van der Waals surface area contributed by atoms with Gasteiger partial charge in [-0.15, -0.1) is 0 Å². The minimum Gasteiger partial charge on any atom is -0.462 e. The number of allylic oxidation sites excluding steroid dienone is 4. The van der Waals surface area contributed by atoms with Crippen molar-refractivity contribution in [3.63, 3.8) is 0 Å². The molecule has 0 aliphatic rings. The predicted molar refractivity (Wildman–Crippen MR) is 164 cm³/mol. The Bertz CT molecular complexity index is 598. The summed E-state index contributed by atoms with van der Waals surface area (Å²) in [4.78, 5) is 24.0. The fourth-order valence-electron chi connectivity index (χ4n) is 4.45. The van der Waals surface area contributed by atoms with Gasteiger partial charge in [0.25, 0.3) is 0 Å². The predicted octanol–water partition coefficient (Wildman–Crippen LogP) is 9.56. The van der Waals surface area contributed by atoms with Crippen LogP contribution >= 0.6 is 0 Å². The van der Waals surface area contributed by atoms with E-state index in [0.717, 1.165) is 51.4 Å². The van der Waals surface area contributed by atoms with Crippen LogP contribution in [0.1, 0.15) is 162 Å². The third kappa shape index (κ3) is 29.2. The van der Waals surface area contributed by atoms with E-state index in [1.165, 1.54) is 83.5 Å². The van der Waals surface area contributed by atoms with Crippen molar-refractivity contribution in [2.45, 2.75) is 168 Å². The van der Waals surface area contributed by atoms with Crippen molar-refractivity contribution < 1.29 is 24.2 Å². The summed E-state index contributed by atoms with van der Waals surface area (Å²) >= 11 is 0. The third-order valence-electron chi connectivity index (χ3n) is 7.00. The zero-order valence-electron chi connectivity index (χ0n) is 25.6. The summed E-state index contributed by atoms with van der Waals surface area (Å²) in [5.41, 5.74) is 0. The average Bonchev–Trinajstić information content (AvgIpc) is 2.94. The monoisotopic (exact) mass is 550 g/mol. The van der Waals surface area contributed by atoms with E-state index in [1.54, 1.807) is 0 Å². The number of hydrogen-bond acceptors (Lipinski definition) is 5. The zero-order chi connectivity index (χ0) is 28.7. The molecule has 0 bridgehead atoms. The minimum atomic E-state index is -0.771. The van der Waals surface area contributed by atoms with Crippen LogP contribution in [0, 0.1) is 0 Å². The van der Waals surface area contributed by atoms with Gasteiger partial charge in [-0.1, -0.05) is 134 Å². The van der Waals surface area contributed by atoms with Crippen LogP contribution in [-0.2, 0) is 19.1 Å².